The first-order valence-corrected chi connectivity index (χ1v) is 5.67. The van der Waals surface area contributed by atoms with Crippen molar-refractivity contribution in [3.63, 3.8) is 0 Å². The van der Waals surface area contributed by atoms with Gasteiger partial charge in [0.2, 0.25) is 0 Å². The van der Waals surface area contributed by atoms with Crippen LogP contribution in [0.1, 0.15) is 19.8 Å². The van der Waals surface area contributed by atoms with Gasteiger partial charge in [-0.25, -0.2) is 0 Å². The predicted molar refractivity (Wildman–Crippen MR) is 71.8 cm³/mol. The molecule has 18 heavy (non-hydrogen) atoms. The molecule has 0 bridgehead atoms. The molecule has 1 N–H and O–H groups in total. The Morgan fingerprint density at radius 2 is 1.83 bits per heavy atom. The van der Waals surface area contributed by atoms with Gasteiger partial charge in [0.05, 0.1) is 19.6 Å². The fourth-order valence-electron chi connectivity index (χ4n) is 1.49. The Morgan fingerprint density at radius 1 is 1.28 bits per heavy atom. The monoisotopic (exact) mass is 274 g/mol. The van der Waals surface area contributed by atoms with E-state index in [9.17, 15) is 4.79 Å². The fraction of sp³-hybridized carbons (Fsp3) is 0.462. The first-order chi connectivity index (χ1) is 8.17. The van der Waals surface area contributed by atoms with E-state index in [0.29, 0.717) is 19.4 Å². The molecular formula is C13H19ClO4. The van der Waals surface area contributed by atoms with Gasteiger partial charge in [-0.2, -0.15) is 0 Å². The van der Waals surface area contributed by atoms with E-state index in [1.54, 1.807) is 19.2 Å². The predicted octanol–water partition coefficient (Wildman–Crippen LogP) is 3.00. The van der Waals surface area contributed by atoms with Crippen LogP contribution in [0, 0.1) is 5.92 Å². The number of carbonyl (C=O) groups is 1. The first-order valence-electron chi connectivity index (χ1n) is 5.67. The Bertz CT molecular complexity index is 351. The van der Waals surface area contributed by atoms with Crippen molar-refractivity contribution in [2.24, 2.45) is 5.92 Å². The number of benzene rings is 1. The highest BCUT2D eigenvalue weighted by Crippen LogP contribution is 2.18. The quantitative estimate of drug-likeness (QED) is 0.830. The highest BCUT2D eigenvalue weighted by atomic mass is 35.5. The van der Waals surface area contributed by atoms with Crippen molar-refractivity contribution in [3.05, 3.63) is 24.3 Å². The van der Waals surface area contributed by atoms with Crippen LogP contribution in [0.15, 0.2) is 24.3 Å². The molecule has 0 aromatic heterocycles. The van der Waals surface area contributed by atoms with Crippen LogP contribution in [0.25, 0.3) is 0 Å². The lowest BCUT2D eigenvalue weighted by molar-refractivity contribution is -0.142. The minimum atomic E-state index is -0.758. The van der Waals surface area contributed by atoms with Crippen LogP contribution < -0.4 is 9.47 Å². The summed E-state index contributed by atoms with van der Waals surface area (Å²) in [7, 11) is 1.61. The van der Waals surface area contributed by atoms with Crippen molar-refractivity contribution < 1.29 is 19.4 Å². The summed E-state index contributed by atoms with van der Waals surface area (Å²) in [5.74, 6) is 0.416. The maximum Gasteiger partial charge on any atom is 0.306 e. The highest BCUT2D eigenvalue weighted by molar-refractivity contribution is 5.85. The summed E-state index contributed by atoms with van der Waals surface area (Å²) in [4.78, 5) is 10.8. The summed E-state index contributed by atoms with van der Waals surface area (Å²) in [5.41, 5.74) is 0. The lowest BCUT2D eigenvalue weighted by atomic mass is 10.0. The molecule has 0 saturated heterocycles. The van der Waals surface area contributed by atoms with E-state index in [2.05, 4.69) is 0 Å². The van der Waals surface area contributed by atoms with E-state index in [1.165, 1.54) is 0 Å². The zero-order valence-corrected chi connectivity index (χ0v) is 11.4. The van der Waals surface area contributed by atoms with Crippen molar-refractivity contribution in [1.29, 1.82) is 0 Å². The number of methoxy groups -OCH3 is 1. The van der Waals surface area contributed by atoms with E-state index in [0.717, 1.165) is 11.5 Å². The van der Waals surface area contributed by atoms with Crippen LogP contribution in [0.5, 0.6) is 11.5 Å². The van der Waals surface area contributed by atoms with Crippen LogP contribution in [-0.2, 0) is 4.79 Å². The number of halogens is 1. The number of hydrogen-bond donors (Lipinski definition) is 1. The van der Waals surface area contributed by atoms with Gasteiger partial charge < -0.3 is 14.6 Å². The molecular weight excluding hydrogens is 256 g/mol. The second kappa shape index (κ2) is 8.64. The zero-order chi connectivity index (χ0) is 12.7. The molecule has 5 heteroatoms. The van der Waals surface area contributed by atoms with Crippen LogP contribution in [0.3, 0.4) is 0 Å². The normalized spacial score (nSPS) is 11.2. The smallest absolute Gasteiger partial charge is 0.306 e. The molecule has 1 unspecified atom stereocenters. The molecule has 0 spiro atoms. The van der Waals surface area contributed by atoms with Crippen molar-refractivity contribution in [2.75, 3.05) is 13.7 Å². The van der Waals surface area contributed by atoms with E-state index in [4.69, 9.17) is 14.6 Å². The third kappa shape index (κ3) is 5.27. The van der Waals surface area contributed by atoms with E-state index in [-0.39, 0.29) is 18.3 Å². The summed E-state index contributed by atoms with van der Waals surface area (Å²) in [6, 6.07) is 7.23. The first kappa shape index (κ1) is 16.6. The van der Waals surface area contributed by atoms with E-state index >= 15 is 0 Å². The molecule has 0 aliphatic heterocycles. The molecule has 0 fully saturated rings. The van der Waals surface area contributed by atoms with Crippen molar-refractivity contribution >= 4 is 18.4 Å². The maximum absolute atomic E-state index is 10.8. The summed E-state index contributed by atoms with van der Waals surface area (Å²) in [5, 5.41) is 8.87. The fourth-order valence-corrected chi connectivity index (χ4v) is 1.49. The van der Waals surface area contributed by atoms with E-state index < -0.39 is 5.97 Å². The maximum atomic E-state index is 10.8. The molecule has 0 amide bonds. The average molecular weight is 275 g/mol. The number of rotatable bonds is 7. The molecule has 102 valence electrons. The summed E-state index contributed by atoms with van der Waals surface area (Å²) < 4.78 is 10.5. The molecule has 1 atom stereocenters. The van der Waals surface area contributed by atoms with Gasteiger partial charge in [0, 0.05) is 0 Å². The molecule has 4 nitrogen and oxygen atoms in total. The molecule has 0 aliphatic rings. The molecule has 1 aromatic carbocycles. The molecule has 0 saturated carbocycles. The van der Waals surface area contributed by atoms with Gasteiger partial charge in [0.25, 0.3) is 0 Å². The lowest BCUT2D eigenvalue weighted by Gasteiger charge is -2.11. The topological polar surface area (TPSA) is 55.8 Å². The molecule has 1 rings (SSSR count). The summed E-state index contributed by atoms with van der Waals surface area (Å²) in [6.45, 7) is 2.28. The van der Waals surface area contributed by atoms with Crippen molar-refractivity contribution in [2.45, 2.75) is 19.8 Å². The van der Waals surface area contributed by atoms with E-state index in [1.807, 2.05) is 19.1 Å². The van der Waals surface area contributed by atoms with Crippen molar-refractivity contribution in [1.82, 2.24) is 0 Å². The summed E-state index contributed by atoms with van der Waals surface area (Å²) in [6.07, 6.45) is 1.15. The Hall–Kier alpha value is -1.42. The Kier molecular flexibility index (Phi) is 7.96. The minimum Gasteiger partial charge on any atom is -0.497 e. The van der Waals surface area contributed by atoms with Gasteiger partial charge in [0.1, 0.15) is 11.5 Å². The van der Waals surface area contributed by atoms with Gasteiger partial charge in [-0.1, -0.05) is 6.92 Å². The zero-order valence-electron chi connectivity index (χ0n) is 10.6. The molecule has 0 heterocycles. The molecule has 0 aliphatic carbocycles. The Labute approximate surface area is 113 Å². The Balaban J connectivity index is 0.00000289. The molecule has 0 radical (unpaired) electrons. The minimum absolute atomic E-state index is 0. The third-order valence-electron chi connectivity index (χ3n) is 2.64. The van der Waals surface area contributed by atoms with Crippen molar-refractivity contribution in [3.8, 4) is 11.5 Å². The highest BCUT2D eigenvalue weighted by Gasteiger charge is 2.14. The standard InChI is InChI=1S/C13H18O4.ClH/c1-3-10(13(14)15)8-9-17-12-6-4-11(16-2)5-7-12;/h4-7,10H,3,8-9H2,1-2H3,(H,14,15);1H. The van der Waals surface area contributed by atoms with Crippen LogP contribution >= 0.6 is 12.4 Å². The number of ether oxygens (including phenoxy) is 2. The largest absolute Gasteiger partial charge is 0.497 e. The van der Waals surface area contributed by atoms with Gasteiger partial charge >= 0.3 is 5.97 Å². The van der Waals surface area contributed by atoms with Crippen LogP contribution in [0.2, 0.25) is 0 Å². The Morgan fingerprint density at radius 3 is 2.28 bits per heavy atom. The number of hydrogen-bond acceptors (Lipinski definition) is 3. The van der Waals surface area contributed by atoms with Gasteiger partial charge in [-0.05, 0) is 37.1 Å². The lowest BCUT2D eigenvalue weighted by Crippen LogP contribution is -2.15. The van der Waals surface area contributed by atoms with Gasteiger partial charge in [-0.15, -0.1) is 12.4 Å². The van der Waals surface area contributed by atoms with Gasteiger partial charge in [0.15, 0.2) is 0 Å². The number of carboxylic acid groups (broad SMARTS) is 1. The van der Waals surface area contributed by atoms with Gasteiger partial charge in [-0.3, -0.25) is 4.79 Å². The third-order valence-corrected chi connectivity index (χ3v) is 2.64. The average Bonchev–Trinajstić information content (AvgIpc) is 2.35. The SMILES string of the molecule is CCC(CCOc1ccc(OC)cc1)C(=O)O.Cl. The summed E-state index contributed by atoms with van der Waals surface area (Å²) >= 11 is 0. The van der Waals surface area contributed by atoms with Crippen LogP contribution in [-0.4, -0.2) is 24.8 Å². The number of aliphatic carboxylic acids is 1. The number of carboxylic acids is 1. The van der Waals surface area contributed by atoms with Crippen LogP contribution in [0.4, 0.5) is 0 Å². The second-order valence-electron chi connectivity index (χ2n) is 3.76. The second-order valence-corrected chi connectivity index (χ2v) is 3.76. The molecule has 1 aromatic rings.